The van der Waals surface area contributed by atoms with E-state index in [0.29, 0.717) is 6.42 Å². The molecule has 6 atom stereocenters. The van der Waals surface area contributed by atoms with Gasteiger partial charge >= 0.3 is 11.9 Å². The van der Waals surface area contributed by atoms with Crippen molar-refractivity contribution in [2.75, 3.05) is 6.61 Å². The minimum atomic E-state index is -1.34. The highest BCUT2D eigenvalue weighted by molar-refractivity contribution is 5.69. The van der Waals surface area contributed by atoms with Gasteiger partial charge in [-0.25, -0.2) is 0 Å². The molecule has 0 aromatic carbocycles. The van der Waals surface area contributed by atoms with Crippen molar-refractivity contribution in [1.82, 2.24) is 0 Å². The number of hydrogen-bond acceptors (Lipinski definition) is 8. The molecule has 8 nitrogen and oxygen atoms in total. The molecule has 2 aliphatic heterocycles. The Morgan fingerprint density at radius 3 is 2.11 bits per heavy atom. The molecule has 0 spiro atoms. The molecule has 38 heavy (non-hydrogen) atoms. The third kappa shape index (κ3) is 13.2. The maximum absolute atomic E-state index is 12.2. The monoisotopic (exact) mass is 542 g/mol. The van der Waals surface area contributed by atoms with Crippen LogP contribution >= 0.6 is 0 Å². The third-order valence-corrected chi connectivity index (χ3v) is 7.72. The first-order valence-electron chi connectivity index (χ1n) is 15.4. The lowest BCUT2D eigenvalue weighted by Crippen LogP contribution is -2.61. The second-order valence-corrected chi connectivity index (χ2v) is 11.2. The summed E-state index contributed by atoms with van der Waals surface area (Å²) < 4.78 is 22.9. The van der Waals surface area contributed by atoms with E-state index in [-0.39, 0.29) is 18.7 Å². The second-order valence-electron chi connectivity index (χ2n) is 11.2. The van der Waals surface area contributed by atoms with Gasteiger partial charge in [-0.1, -0.05) is 103 Å². The molecule has 2 aliphatic rings. The number of rotatable bonds is 11. The van der Waals surface area contributed by atoms with E-state index >= 15 is 0 Å². The van der Waals surface area contributed by atoms with E-state index in [9.17, 15) is 19.8 Å². The fraction of sp³-hybridized carbons (Fsp3) is 0.933. The van der Waals surface area contributed by atoms with Gasteiger partial charge in [0.05, 0.1) is 6.10 Å². The molecule has 2 bridgehead atoms. The largest absolute Gasteiger partial charge is 0.463 e. The van der Waals surface area contributed by atoms with Crippen LogP contribution in [-0.2, 0) is 28.5 Å². The van der Waals surface area contributed by atoms with Gasteiger partial charge in [-0.3, -0.25) is 9.59 Å². The molecule has 2 saturated heterocycles. The SMILES string of the molecule is CCCCCCCCCCCC1CCCCCCCCCC(=O)OCC2OC(O1)C(O)C(OC(C)=O)C2O. The summed E-state index contributed by atoms with van der Waals surface area (Å²) in [5.41, 5.74) is 0. The predicted octanol–water partition coefficient (Wildman–Crippen LogP) is 5.74. The fourth-order valence-electron chi connectivity index (χ4n) is 5.41. The van der Waals surface area contributed by atoms with E-state index in [0.717, 1.165) is 70.6 Å². The van der Waals surface area contributed by atoms with Crippen molar-refractivity contribution in [3.63, 3.8) is 0 Å². The lowest BCUT2D eigenvalue weighted by atomic mass is 9.98. The number of unbranched alkanes of at least 4 members (excludes halogenated alkanes) is 8. The summed E-state index contributed by atoms with van der Waals surface area (Å²) in [7, 11) is 0. The zero-order valence-electron chi connectivity index (χ0n) is 24.0. The van der Waals surface area contributed by atoms with E-state index < -0.39 is 36.7 Å². The minimum Gasteiger partial charge on any atom is -0.463 e. The Bertz CT molecular complexity index is 642. The maximum atomic E-state index is 12.2. The summed E-state index contributed by atoms with van der Waals surface area (Å²) in [6.07, 6.45) is 14.6. The summed E-state index contributed by atoms with van der Waals surface area (Å²) in [4.78, 5) is 23.9. The topological polar surface area (TPSA) is 112 Å². The molecule has 0 amide bonds. The van der Waals surface area contributed by atoms with Gasteiger partial charge in [0.2, 0.25) is 0 Å². The van der Waals surface area contributed by atoms with Crippen molar-refractivity contribution in [3.05, 3.63) is 0 Å². The van der Waals surface area contributed by atoms with Gasteiger partial charge in [0.1, 0.15) is 24.9 Å². The zero-order chi connectivity index (χ0) is 27.6. The highest BCUT2D eigenvalue weighted by atomic mass is 16.7. The van der Waals surface area contributed by atoms with E-state index in [1.54, 1.807) is 0 Å². The molecular formula is C30H54O8. The smallest absolute Gasteiger partial charge is 0.305 e. The summed E-state index contributed by atoms with van der Waals surface area (Å²) in [5.74, 6) is -0.963. The van der Waals surface area contributed by atoms with Crippen LogP contribution < -0.4 is 0 Å². The molecule has 8 heteroatoms. The van der Waals surface area contributed by atoms with Crippen LogP contribution in [0.15, 0.2) is 0 Å². The normalized spacial score (nSPS) is 30.3. The maximum Gasteiger partial charge on any atom is 0.305 e. The van der Waals surface area contributed by atoms with Crippen LogP contribution in [0.1, 0.15) is 136 Å². The highest BCUT2D eigenvalue weighted by Crippen LogP contribution is 2.28. The lowest BCUT2D eigenvalue weighted by Gasteiger charge is -2.42. The standard InChI is InChI=1S/C30H54O8/c1-3-4-5-6-7-8-10-13-16-19-24-20-17-14-11-9-12-15-18-21-26(32)35-22-25-27(33)29(36-23(2)31)28(34)30(37-24)38-25/h24-25,27-30,33-34H,3-22H2,1-2H3. The Morgan fingerprint density at radius 1 is 0.842 bits per heavy atom. The van der Waals surface area contributed by atoms with Crippen molar-refractivity contribution in [2.24, 2.45) is 0 Å². The number of carbonyl (C=O) groups excluding carboxylic acids is 2. The molecule has 2 fully saturated rings. The average Bonchev–Trinajstić information content (AvgIpc) is 2.89. The second kappa shape index (κ2) is 19.8. The molecule has 2 rings (SSSR count). The first kappa shape index (κ1) is 33.0. The van der Waals surface area contributed by atoms with E-state index in [2.05, 4.69) is 6.92 Å². The Hall–Kier alpha value is -1.22. The fourth-order valence-corrected chi connectivity index (χ4v) is 5.41. The Kier molecular flexibility index (Phi) is 17.2. The first-order chi connectivity index (χ1) is 18.4. The zero-order valence-corrected chi connectivity index (χ0v) is 24.0. The van der Waals surface area contributed by atoms with Crippen LogP contribution in [0.2, 0.25) is 0 Å². The van der Waals surface area contributed by atoms with Crippen LogP contribution in [0.3, 0.4) is 0 Å². The molecule has 2 N–H and O–H groups in total. The molecule has 0 aliphatic carbocycles. The third-order valence-electron chi connectivity index (χ3n) is 7.72. The number of ether oxygens (including phenoxy) is 4. The van der Waals surface area contributed by atoms with Crippen molar-refractivity contribution in [3.8, 4) is 0 Å². The van der Waals surface area contributed by atoms with Gasteiger partial charge in [-0.2, -0.15) is 0 Å². The van der Waals surface area contributed by atoms with Crippen molar-refractivity contribution >= 4 is 11.9 Å². The van der Waals surface area contributed by atoms with Crippen molar-refractivity contribution < 1.29 is 38.7 Å². The molecule has 222 valence electrons. The quantitative estimate of drug-likeness (QED) is 0.251. The van der Waals surface area contributed by atoms with Gasteiger partial charge in [0, 0.05) is 13.3 Å². The Balaban J connectivity index is 1.99. The molecule has 0 aromatic heterocycles. The Morgan fingerprint density at radius 2 is 1.45 bits per heavy atom. The molecule has 2 heterocycles. The first-order valence-corrected chi connectivity index (χ1v) is 15.4. The molecule has 6 unspecified atom stereocenters. The van der Waals surface area contributed by atoms with Gasteiger partial charge < -0.3 is 29.2 Å². The van der Waals surface area contributed by atoms with Crippen molar-refractivity contribution in [1.29, 1.82) is 0 Å². The molecule has 0 saturated carbocycles. The number of aliphatic hydroxyl groups excluding tert-OH is 2. The van der Waals surface area contributed by atoms with Gasteiger partial charge in [-0.05, 0) is 19.3 Å². The summed E-state index contributed by atoms with van der Waals surface area (Å²) in [5, 5.41) is 21.7. The van der Waals surface area contributed by atoms with Gasteiger partial charge in [0.25, 0.3) is 0 Å². The van der Waals surface area contributed by atoms with Crippen LogP contribution in [0.4, 0.5) is 0 Å². The summed E-state index contributed by atoms with van der Waals surface area (Å²) in [6.45, 7) is 3.28. The van der Waals surface area contributed by atoms with E-state index in [1.807, 2.05) is 0 Å². The van der Waals surface area contributed by atoms with Crippen LogP contribution in [0.25, 0.3) is 0 Å². The lowest BCUT2D eigenvalue weighted by molar-refractivity contribution is -0.314. The minimum absolute atomic E-state index is 0.105. The highest BCUT2D eigenvalue weighted by Gasteiger charge is 2.48. The Labute approximate surface area is 230 Å². The number of esters is 2. The molecule has 0 aromatic rings. The van der Waals surface area contributed by atoms with E-state index in [1.165, 1.54) is 51.9 Å². The summed E-state index contributed by atoms with van der Waals surface area (Å²) in [6, 6.07) is 0. The van der Waals surface area contributed by atoms with Gasteiger partial charge in [0.15, 0.2) is 12.4 Å². The number of hydrogen-bond donors (Lipinski definition) is 2. The molecule has 0 radical (unpaired) electrons. The number of aliphatic hydroxyl groups is 2. The predicted molar refractivity (Wildman–Crippen MR) is 145 cm³/mol. The van der Waals surface area contributed by atoms with E-state index in [4.69, 9.17) is 18.9 Å². The summed E-state index contributed by atoms with van der Waals surface area (Å²) >= 11 is 0. The number of fused-ring (bicyclic) bond motifs is 2. The average molecular weight is 543 g/mol. The number of cyclic esters (lactones) is 1. The van der Waals surface area contributed by atoms with Crippen LogP contribution in [0, 0.1) is 0 Å². The van der Waals surface area contributed by atoms with Crippen LogP contribution in [-0.4, -0.2) is 65.6 Å². The van der Waals surface area contributed by atoms with Gasteiger partial charge in [-0.15, -0.1) is 0 Å². The molecular weight excluding hydrogens is 488 g/mol. The van der Waals surface area contributed by atoms with Crippen molar-refractivity contribution in [2.45, 2.75) is 173 Å². The number of carbonyl (C=O) groups is 2. The van der Waals surface area contributed by atoms with Crippen LogP contribution in [0.5, 0.6) is 0 Å².